The van der Waals surface area contributed by atoms with Crippen LogP contribution in [0.2, 0.25) is 0 Å². The molecule has 0 N–H and O–H groups in total. The minimum absolute atomic E-state index is 0.350. The van der Waals surface area contributed by atoms with Crippen molar-refractivity contribution in [2.45, 2.75) is 19.9 Å². The SMILES string of the molecule is CC(=O)C(N=Nc1cc(F)ccc1F)C(C)=O. The smallest absolute Gasteiger partial charge is 0.187 e. The van der Waals surface area contributed by atoms with Crippen LogP contribution in [-0.2, 0) is 9.59 Å². The van der Waals surface area contributed by atoms with Gasteiger partial charge in [0.15, 0.2) is 23.4 Å². The van der Waals surface area contributed by atoms with Gasteiger partial charge in [-0.15, -0.1) is 0 Å². The summed E-state index contributed by atoms with van der Waals surface area (Å²) in [6.07, 6.45) is 0. The van der Waals surface area contributed by atoms with E-state index >= 15 is 0 Å². The van der Waals surface area contributed by atoms with Crippen molar-refractivity contribution in [3.8, 4) is 0 Å². The zero-order valence-corrected chi connectivity index (χ0v) is 9.28. The first-order valence-corrected chi connectivity index (χ1v) is 4.78. The van der Waals surface area contributed by atoms with Gasteiger partial charge in [-0.05, 0) is 26.0 Å². The lowest BCUT2D eigenvalue weighted by molar-refractivity contribution is -0.126. The number of benzene rings is 1. The van der Waals surface area contributed by atoms with Crippen LogP contribution >= 0.6 is 0 Å². The fraction of sp³-hybridized carbons (Fsp3) is 0.273. The van der Waals surface area contributed by atoms with Crippen molar-refractivity contribution in [1.82, 2.24) is 0 Å². The molecule has 0 amide bonds. The third kappa shape index (κ3) is 3.51. The Labute approximate surface area is 96.4 Å². The van der Waals surface area contributed by atoms with Gasteiger partial charge in [-0.3, -0.25) is 9.59 Å². The average Bonchev–Trinajstić information content (AvgIpc) is 2.22. The van der Waals surface area contributed by atoms with E-state index in [4.69, 9.17) is 0 Å². The van der Waals surface area contributed by atoms with E-state index in [9.17, 15) is 18.4 Å². The van der Waals surface area contributed by atoms with Gasteiger partial charge in [0, 0.05) is 6.07 Å². The number of carbonyl (C=O) groups excluding carboxylic acids is 2. The molecule has 0 aromatic heterocycles. The molecule has 17 heavy (non-hydrogen) atoms. The highest BCUT2D eigenvalue weighted by atomic mass is 19.1. The average molecular weight is 240 g/mol. The molecule has 0 aliphatic rings. The third-order valence-corrected chi connectivity index (χ3v) is 1.96. The number of ketones is 2. The highest BCUT2D eigenvalue weighted by Crippen LogP contribution is 2.19. The summed E-state index contributed by atoms with van der Waals surface area (Å²) in [5.74, 6) is -2.46. The van der Waals surface area contributed by atoms with Crippen molar-refractivity contribution in [1.29, 1.82) is 0 Å². The molecule has 0 saturated carbocycles. The van der Waals surface area contributed by atoms with Crippen molar-refractivity contribution >= 4 is 17.3 Å². The maximum atomic E-state index is 13.1. The molecule has 0 saturated heterocycles. The fourth-order valence-corrected chi connectivity index (χ4v) is 1.13. The molecule has 4 nitrogen and oxygen atoms in total. The number of hydrogen-bond donors (Lipinski definition) is 0. The molecule has 1 aromatic carbocycles. The maximum absolute atomic E-state index is 13.1. The van der Waals surface area contributed by atoms with Gasteiger partial charge in [-0.25, -0.2) is 8.78 Å². The van der Waals surface area contributed by atoms with E-state index in [0.717, 1.165) is 18.2 Å². The fourth-order valence-electron chi connectivity index (χ4n) is 1.13. The predicted molar refractivity (Wildman–Crippen MR) is 56.0 cm³/mol. The summed E-state index contributed by atoms with van der Waals surface area (Å²) in [6.45, 7) is 2.35. The summed E-state index contributed by atoms with van der Waals surface area (Å²) < 4.78 is 25.9. The highest BCUT2D eigenvalue weighted by molar-refractivity contribution is 6.04. The van der Waals surface area contributed by atoms with Crippen LogP contribution in [0.3, 0.4) is 0 Å². The summed E-state index contributed by atoms with van der Waals surface area (Å²) in [5.41, 5.74) is -0.350. The van der Waals surface area contributed by atoms with Gasteiger partial charge < -0.3 is 0 Å². The second kappa shape index (κ2) is 5.38. The summed E-state index contributed by atoms with van der Waals surface area (Å²) in [6, 6.07) is 1.38. The Morgan fingerprint density at radius 1 is 1.18 bits per heavy atom. The van der Waals surface area contributed by atoms with Gasteiger partial charge in [-0.1, -0.05) is 0 Å². The Kier molecular flexibility index (Phi) is 4.14. The van der Waals surface area contributed by atoms with Crippen molar-refractivity contribution < 1.29 is 18.4 Å². The molecule has 0 fully saturated rings. The van der Waals surface area contributed by atoms with Crippen LogP contribution < -0.4 is 0 Å². The molecule has 1 rings (SSSR count). The number of azo groups is 1. The quantitative estimate of drug-likeness (QED) is 0.600. The number of Topliss-reactive ketones (excluding diaryl/α,β-unsaturated/α-hetero) is 2. The molecule has 0 heterocycles. The second-order valence-electron chi connectivity index (χ2n) is 3.44. The van der Waals surface area contributed by atoms with E-state index in [2.05, 4.69) is 10.2 Å². The highest BCUT2D eigenvalue weighted by Gasteiger charge is 2.18. The molecule has 0 radical (unpaired) electrons. The largest absolute Gasteiger partial charge is 0.297 e. The molecule has 1 aromatic rings. The molecule has 0 spiro atoms. The molecule has 0 aliphatic carbocycles. The molecule has 6 heteroatoms. The Bertz CT molecular complexity index is 472. The van der Waals surface area contributed by atoms with Crippen molar-refractivity contribution in [3.63, 3.8) is 0 Å². The lowest BCUT2D eigenvalue weighted by atomic mass is 10.1. The van der Waals surface area contributed by atoms with Crippen LogP contribution in [0.25, 0.3) is 0 Å². The zero-order valence-electron chi connectivity index (χ0n) is 9.28. The lowest BCUT2D eigenvalue weighted by Crippen LogP contribution is -2.23. The molecular formula is C11H10F2N2O2. The predicted octanol–water partition coefficient (Wildman–Crippen LogP) is 2.60. The number of halogens is 2. The third-order valence-electron chi connectivity index (χ3n) is 1.96. The van der Waals surface area contributed by atoms with E-state index in [0.29, 0.717) is 0 Å². The summed E-state index contributed by atoms with van der Waals surface area (Å²) in [5, 5.41) is 6.79. The summed E-state index contributed by atoms with van der Waals surface area (Å²) in [4.78, 5) is 22.0. The van der Waals surface area contributed by atoms with Crippen LogP contribution in [0, 0.1) is 11.6 Å². The minimum atomic E-state index is -1.27. The lowest BCUT2D eigenvalue weighted by Gasteiger charge is -2.02. The van der Waals surface area contributed by atoms with Crippen LogP contribution in [0.15, 0.2) is 28.4 Å². The Morgan fingerprint density at radius 2 is 1.76 bits per heavy atom. The first-order chi connectivity index (χ1) is 7.91. The van der Waals surface area contributed by atoms with Gasteiger partial charge in [0.05, 0.1) is 0 Å². The van der Waals surface area contributed by atoms with E-state index in [-0.39, 0.29) is 5.69 Å². The van der Waals surface area contributed by atoms with Gasteiger partial charge in [0.2, 0.25) is 0 Å². The zero-order chi connectivity index (χ0) is 13.0. The molecule has 0 bridgehead atoms. The number of hydrogen-bond acceptors (Lipinski definition) is 4. The molecular weight excluding hydrogens is 230 g/mol. The summed E-state index contributed by atoms with van der Waals surface area (Å²) in [7, 11) is 0. The first kappa shape index (κ1) is 13.1. The Morgan fingerprint density at radius 3 is 2.29 bits per heavy atom. The van der Waals surface area contributed by atoms with Gasteiger partial charge in [0.1, 0.15) is 11.5 Å². The van der Waals surface area contributed by atoms with Crippen LogP contribution in [0.5, 0.6) is 0 Å². The maximum Gasteiger partial charge on any atom is 0.187 e. The topological polar surface area (TPSA) is 58.9 Å². The van der Waals surface area contributed by atoms with E-state index in [1.807, 2.05) is 0 Å². The van der Waals surface area contributed by atoms with Crippen LogP contribution in [-0.4, -0.2) is 17.6 Å². The standard InChI is InChI=1S/C11H10F2N2O2/c1-6(16)11(7(2)17)15-14-10-5-8(12)3-4-9(10)13/h3-5,11H,1-2H3. The van der Waals surface area contributed by atoms with Crippen molar-refractivity contribution in [2.75, 3.05) is 0 Å². The molecule has 0 aliphatic heterocycles. The second-order valence-corrected chi connectivity index (χ2v) is 3.44. The number of nitrogens with zero attached hydrogens (tertiary/aromatic N) is 2. The van der Waals surface area contributed by atoms with Crippen LogP contribution in [0.1, 0.15) is 13.8 Å². The van der Waals surface area contributed by atoms with Crippen molar-refractivity contribution in [3.05, 3.63) is 29.8 Å². The molecule has 0 unspecified atom stereocenters. The van der Waals surface area contributed by atoms with Crippen molar-refractivity contribution in [2.24, 2.45) is 10.2 Å². The minimum Gasteiger partial charge on any atom is -0.297 e. The number of rotatable bonds is 4. The van der Waals surface area contributed by atoms with E-state index in [1.54, 1.807) is 0 Å². The van der Waals surface area contributed by atoms with E-state index < -0.39 is 29.2 Å². The van der Waals surface area contributed by atoms with Gasteiger partial charge in [0.25, 0.3) is 0 Å². The first-order valence-electron chi connectivity index (χ1n) is 4.78. The van der Waals surface area contributed by atoms with Gasteiger partial charge in [-0.2, -0.15) is 10.2 Å². The molecule has 90 valence electrons. The Hall–Kier alpha value is -1.98. The number of carbonyl (C=O) groups is 2. The summed E-state index contributed by atoms with van der Waals surface area (Å²) >= 11 is 0. The Balaban J connectivity index is 2.99. The monoisotopic (exact) mass is 240 g/mol. The van der Waals surface area contributed by atoms with E-state index in [1.165, 1.54) is 13.8 Å². The van der Waals surface area contributed by atoms with Crippen LogP contribution in [0.4, 0.5) is 14.5 Å². The van der Waals surface area contributed by atoms with Gasteiger partial charge >= 0.3 is 0 Å². The normalized spacial score (nSPS) is 11.1. The molecule has 0 atom stereocenters.